The molecule has 28 heavy (non-hydrogen) atoms. The van der Waals surface area contributed by atoms with Crippen LogP contribution in [-0.2, 0) is 20.8 Å². The van der Waals surface area contributed by atoms with Crippen LogP contribution in [0.4, 0.5) is 4.39 Å². The maximum Gasteiger partial charge on any atom is 0.357 e. The van der Waals surface area contributed by atoms with E-state index in [-0.39, 0.29) is 18.2 Å². The number of esters is 2. The number of hydrogen-bond acceptors (Lipinski definition) is 6. The third-order valence-electron chi connectivity index (χ3n) is 3.61. The highest BCUT2D eigenvalue weighted by Gasteiger charge is 2.20. The zero-order valence-electron chi connectivity index (χ0n) is 16.1. The summed E-state index contributed by atoms with van der Waals surface area (Å²) in [6.45, 7) is 5.67. The summed E-state index contributed by atoms with van der Waals surface area (Å²) in [6, 6.07) is 7.68. The number of benzene rings is 1. The number of nitrogens with one attached hydrogen (secondary N) is 1. The number of aromatic nitrogens is 1. The summed E-state index contributed by atoms with van der Waals surface area (Å²) in [5, 5.41) is 3.44. The molecule has 0 saturated carbocycles. The first-order valence-electron chi connectivity index (χ1n) is 8.57. The van der Waals surface area contributed by atoms with Crippen molar-refractivity contribution in [2.75, 3.05) is 13.7 Å². The zero-order chi connectivity index (χ0) is 20.9. The number of carbonyl (C=O) groups is 2. The molecule has 0 aliphatic carbocycles. The lowest BCUT2D eigenvalue weighted by atomic mass is 9.98. The Hall–Kier alpha value is -2.51. The minimum Gasteiger partial charge on any atom is -0.464 e. The van der Waals surface area contributed by atoms with Crippen LogP contribution in [0, 0.1) is 5.95 Å². The molecule has 0 radical (unpaired) electrons. The fraction of sp³-hybridized carbons (Fsp3) is 0.350. The zero-order valence-corrected chi connectivity index (χ0v) is 16.9. The van der Waals surface area contributed by atoms with E-state index in [4.69, 9.17) is 21.1 Å². The molecule has 8 heteroatoms. The van der Waals surface area contributed by atoms with Crippen LogP contribution in [0.15, 0.2) is 30.3 Å². The number of halogens is 2. The van der Waals surface area contributed by atoms with Crippen LogP contribution < -0.4 is 5.32 Å². The summed E-state index contributed by atoms with van der Waals surface area (Å²) in [4.78, 5) is 27.6. The van der Waals surface area contributed by atoms with Crippen molar-refractivity contribution < 1.29 is 23.5 Å². The van der Waals surface area contributed by atoms with Crippen LogP contribution in [0.5, 0.6) is 0 Å². The van der Waals surface area contributed by atoms with Crippen LogP contribution in [0.1, 0.15) is 36.8 Å². The van der Waals surface area contributed by atoms with Crippen molar-refractivity contribution in [2.24, 2.45) is 0 Å². The van der Waals surface area contributed by atoms with Crippen molar-refractivity contribution >= 4 is 23.5 Å². The van der Waals surface area contributed by atoms with Crippen molar-refractivity contribution in [1.82, 2.24) is 10.3 Å². The number of methoxy groups -OCH3 is 1. The topological polar surface area (TPSA) is 77.5 Å². The van der Waals surface area contributed by atoms with Crippen molar-refractivity contribution in [3.63, 3.8) is 0 Å². The van der Waals surface area contributed by atoms with E-state index < -0.39 is 17.5 Å². The molecule has 1 aromatic carbocycles. The Kier molecular flexibility index (Phi) is 7.10. The molecule has 0 saturated heterocycles. The van der Waals surface area contributed by atoms with Gasteiger partial charge in [-0.3, -0.25) is 4.79 Å². The number of rotatable bonds is 6. The van der Waals surface area contributed by atoms with Crippen molar-refractivity contribution in [2.45, 2.75) is 32.9 Å². The van der Waals surface area contributed by atoms with Gasteiger partial charge >= 0.3 is 11.9 Å². The van der Waals surface area contributed by atoms with Gasteiger partial charge < -0.3 is 14.8 Å². The van der Waals surface area contributed by atoms with Gasteiger partial charge in [0, 0.05) is 17.1 Å². The molecule has 2 aromatic rings. The number of hydrogen-bond donors (Lipinski definition) is 1. The molecule has 0 unspecified atom stereocenters. The van der Waals surface area contributed by atoms with Gasteiger partial charge in [0.1, 0.15) is 5.60 Å². The summed E-state index contributed by atoms with van der Waals surface area (Å²) in [6.07, 6.45) is 0. The Balaban J connectivity index is 2.29. The molecule has 6 nitrogen and oxygen atoms in total. The predicted octanol–water partition coefficient (Wildman–Crippen LogP) is 3.76. The van der Waals surface area contributed by atoms with E-state index in [0.29, 0.717) is 22.7 Å². The number of carbonyl (C=O) groups excluding carboxylic acids is 2. The number of pyridine rings is 1. The van der Waals surface area contributed by atoms with Crippen molar-refractivity contribution in [3.05, 3.63) is 52.6 Å². The van der Waals surface area contributed by atoms with Crippen LogP contribution >= 0.6 is 11.6 Å². The van der Waals surface area contributed by atoms with Gasteiger partial charge in [-0.2, -0.15) is 4.39 Å². The van der Waals surface area contributed by atoms with E-state index in [2.05, 4.69) is 10.3 Å². The van der Waals surface area contributed by atoms with E-state index in [1.165, 1.54) is 13.2 Å². The van der Waals surface area contributed by atoms with Gasteiger partial charge in [-0.1, -0.05) is 17.7 Å². The highest BCUT2D eigenvalue weighted by Crippen LogP contribution is 2.30. The highest BCUT2D eigenvalue weighted by molar-refractivity contribution is 6.31. The Bertz CT molecular complexity index is 881. The van der Waals surface area contributed by atoms with Gasteiger partial charge in [0.2, 0.25) is 5.95 Å². The van der Waals surface area contributed by atoms with E-state index in [0.717, 1.165) is 11.6 Å². The molecule has 1 heterocycles. The maximum atomic E-state index is 13.6. The minimum atomic E-state index is -0.796. The second-order valence-corrected chi connectivity index (χ2v) is 7.45. The average Bonchev–Trinajstić information content (AvgIpc) is 2.60. The van der Waals surface area contributed by atoms with Crippen molar-refractivity contribution in [1.29, 1.82) is 0 Å². The third kappa shape index (κ3) is 6.00. The van der Waals surface area contributed by atoms with E-state index in [1.54, 1.807) is 39.0 Å². The summed E-state index contributed by atoms with van der Waals surface area (Å²) < 4.78 is 23.5. The molecule has 0 atom stereocenters. The lowest BCUT2D eigenvalue weighted by molar-refractivity contribution is -0.153. The highest BCUT2D eigenvalue weighted by atomic mass is 35.5. The lowest BCUT2D eigenvalue weighted by Gasteiger charge is -2.20. The number of nitrogens with zero attached hydrogens (tertiary/aromatic N) is 1. The first-order valence-corrected chi connectivity index (χ1v) is 8.94. The molecule has 150 valence electrons. The first-order chi connectivity index (χ1) is 13.1. The monoisotopic (exact) mass is 408 g/mol. The Morgan fingerprint density at radius 3 is 2.54 bits per heavy atom. The molecule has 2 rings (SSSR count). The third-order valence-corrected chi connectivity index (χ3v) is 3.84. The van der Waals surface area contributed by atoms with E-state index >= 15 is 0 Å². The van der Waals surface area contributed by atoms with Gasteiger partial charge in [-0.15, -0.1) is 0 Å². The van der Waals surface area contributed by atoms with Gasteiger partial charge in [0.05, 0.1) is 13.7 Å². The van der Waals surface area contributed by atoms with Gasteiger partial charge in [0.25, 0.3) is 0 Å². The SMILES string of the molecule is COC(=O)c1nc(F)ccc1-c1cc(Cl)ccc1CNCC(=O)OC(C)(C)C. The molecule has 0 aliphatic rings. The van der Waals surface area contributed by atoms with Crippen LogP contribution in [0.2, 0.25) is 5.02 Å². The normalized spacial score (nSPS) is 11.2. The maximum absolute atomic E-state index is 13.6. The quantitative estimate of drug-likeness (QED) is 0.579. The summed E-state index contributed by atoms with van der Waals surface area (Å²) in [7, 11) is 1.19. The summed E-state index contributed by atoms with van der Waals surface area (Å²) in [5.41, 5.74) is 0.978. The summed E-state index contributed by atoms with van der Waals surface area (Å²) >= 11 is 6.12. The molecular formula is C20H22ClFN2O4. The molecule has 0 fully saturated rings. The molecular weight excluding hydrogens is 387 g/mol. The smallest absolute Gasteiger partial charge is 0.357 e. The van der Waals surface area contributed by atoms with Gasteiger partial charge in [-0.25, -0.2) is 9.78 Å². The van der Waals surface area contributed by atoms with Crippen LogP contribution in [0.25, 0.3) is 11.1 Å². The Morgan fingerprint density at radius 2 is 1.89 bits per heavy atom. The second-order valence-electron chi connectivity index (χ2n) is 7.01. The lowest BCUT2D eigenvalue weighted by Crippen LogP contribution is -2.31. The van der Waals surface area contributed by atoms with Gasteiger partial charge in [0.15, 0.2) is 5.69 Å². The Morgan fingerprint density at radius 1 is 1.18 bits per heavy atom. The van der Waals surface area contributed by atoms with E-state index in [1.807, 2.05) is 0 Å². The van der Waals surface area contributed by atoms with Crippen LogP contribution in [-0.4, -0.2) is 36.2 Å². The first kappa shape index (κ1) is 21.8. The second kappa shape index (κ2) is 9.12. The summed E-state index contributed by atoms with van der Waals surface area (Å²) in [5.74, 6) is -1.94. The number of ether oxygens (including phenoxy) is 2. The molecule has 1 N–H and O–H groups in total. The Labute approximate surface area is 168 Å². The standard InChI is InChI=1S/C20H22ClFN2O4/c1-20(2,3)28-17(25)11-23-10-12-5-6-13(21)9-15(12)14-7-8-16(22)24-18(14)19(26)27-4/h5-9,23H,10-11H2,1-4H3. The van der Waals surface area contributed by atoms with Crippen LogP contribution in [0.3, 0.4) is 0 Å². The molecule has 0 amide bonds. The predicted molar refractivity (Wildman–Crippen MR) is 104 cm³/mol. The van der Waals surface area contributed by atoms with Crippen molar-refractivity contribution in [3.8, 4) is 11.1 Å². The minimum absolute atomic E-state index is 0.00482. The molecule has 1 aromatic heterocycles. The fourth-order valence-electron chi connectivity index (χ4n) is 2.54. The molecule has 0 bridgehead atoms. The largest absolute Gasteiger partial charge is 0.464 e. The van der Waals surface area contributed by atoms with E-state index in [9.17, 15) is 14.0 Å². The molecule has 0 aliphatic heterocycles. The molecule has 0 spiro atoms. The fourth-order valence-corrected chi connectivity index (χ4v) is 2.71. The van der Waals surface area contributed by atoms with Gasteiger partial charge in [-0.05, 0) is 56.2 Å². The average molecular weight is 409 g/mol.